The number of aromatic amines is 1. The molecule has 35 heavy (non-hydrogen) atoms. The summed E-state index contributed by atoms with van der Waals surface area (Å²) in [5.41, 5.74) is 2.68. The Labute approximate surface area is 200 Å². The van der Waals surface area contributed by atoms with Gasteiger partial charge in [-0.15, -0.1) is 0 Å². The Morgan fingerprint density at radius 2 is 1.77 bits per heavy atom. The number of hydrogen-bond donors (Lipinski definition) is 1. The first-order valence-corrected chi connectivity index (χ1v) is 11.3. The molecule has 9 nitrogen and oxygen atoms in total. The summed E-state index contributed by atoms with van der Waals surface area (Å²) in [6.07, 6.45) is 0.454. The normalized spacial score (nSPS) is 14.1. The molecule has 1 aliphatic rings. The predicted molar refractivity (Wildman–Crippen MR) is 125 cm³/mol. The highest BCUT2D eigenvalue weighted by Gasteiger charge is 2.27. The van der Waals surface area contributed by atoms with Gasteiger partial charge in [-0.05, 0) is 38.0 Å². The minimum atomic E-state index is -3.03. The summed E-state index contributed by atoms with van der Waals surface area (Å²) in [6, 6.07) is 5.87. The zero-order valence-electron chi connectivity index (χ0n) is 19.8. The maximum absolute atomic E-state index is 12.9. The molecule has 0 radical (unpaired) electrons. The monoisotopic (exact) mass is 487 g/mol. The molecule has 0 atom stereocenters. The predicted octanol–water partition coefficient (Wildman–Crippen LogP) is 2.40. The van der Waals surface area contributed by atoms with E-state index in [1.54, 1.807) is 22.7 Å². The largest absolute Gasteiger partial charge is 0.434 e. The van der Waals surface area contributed by atoms with Crippen molar-refractivity contribution in [1.82, 2.24) is 24.6 Å². The highest BCUT2D eigenvalue weighted by molar-refractivity contribution is 5.97. The Bertz CT molecular complexity index is 1330. The highest BCUT2D eigenvalue weighted by atomic mass is 19.3. The molecular formula is C24H27F2N5O4. The van der Waals surface area contributed by atoms with E-state index in [-0.39, 0.29) is 42.3 Å². The van der Waals surface area contributed by atoms with Crippen molar-refractivity contribution in [3.05, 3.63) is 57.0 Å². The first-order valence-electron chi connectivity index (χ1n) is 11.3. The van der Waals surface area contributed by atoms with Gasteiger partial charge >= 0.3 is 6.61 Å². The molecule has 0 bridgehead atoms. The molecule has 0 unspecified atom stereocenters. The van der Waals surface area contributed by atoms with E-state index >= 15 is 0 Å². The van der Waals surface area contributed by atoms with Crippen LogP contribution in [0.4, 0.5) is 8.78 Å². The van der Waals surface area contributed by atoms with Gasteiger partial charge in [-0.2, -0.15) is 13.9 Å². The van der Waals surface area contributed by atoms with Gasteiger partial charge in [0.1, 0.15) is 11.4 Å². The zero-order chi connectivity index (χ0) is 25.3. The number of benzene rings is 1. The third-order valence-electron chi connectivity index (χ3n) is 6.40. The van der Waals surface area contributed by atoms with Gasteiger partial charge in [-0.3, -0.25) is 19.1 Å². The van der Waals surface area contributed by atoms with Gasteiger partial charge in [-0.1, -0.05) is 12.1 Å². The maximum Gasteiger partial charge on any atom is 0.387 e. The number of pyridine rings is 1. The number of nitrogens with one attached hydrogen (secondary N) is 1. The quantitative estimate of drug-likeness (QED) is 0.576. The molecule has 0 aliphatic carbocycles. The van der Waals surface area contributed by atoms with Crippen molar-refractivity contribution in [2.45, 2.75) is 33.3 Å². The fraction of sp³-hybridized carbons (Fsp3) is 0.417. The minimum Gasteiger partial charge on any atom is -0.434 e. The second-order valence-corrected chi connectivity index (χ2v) is 8.54. The Morgan fingerprint density at radius 3 is 2.46 bits per heavy atom. The number of ether oxygens (including phenoxy) is 1. The Morgan fingerprint density at radius 1 is 1.11 bits per heavy atom. The van der Waals surface area contributed by atoms with E-state index < -0.39 is 12.5 Å². The number of rotatable bonds is 6. The van der Waals surface area contributed by atoms with Crippen molar-refractivity contribution in [3.63, 3.8) is 0 Å². The number of H-pyrrole nitrogens is 1. The first kappa shape index (κ1) is 24.4. The molecule has 2 aromatic heterocycles. The molecule has 0 spiro atoms. The third kappa shape index (κ3) is 4.89. The lowest BCUT2D eigenvalue weighted by Crippen LogP contribution is -2.50. The summed E-state index contributed by atoms with van der Waals surface area (Å²) in [5, 5.41) is 5.25. The molecule has 2 amide bonds. The van der Waals surface area contributed by atoms with E-state index in [2.05, 4.69) is 14.8 Å². The van der Waals surface area contributed by atoms with E-state index in [9.17, 15) is 23.2 Å². The summed E-state index contributed by atoms with van der Waals surface area (Å²) >= 11 is 0. The summed E-state index contributed by atoms with van der Waals surface area (Å²) in [6.45, 7) is 1.89. The van der Waals surface area contributed by atoms with Crippen molar-refractivity contribution >= 4 is 22.8 Å². The average molecular weight is 488 g/mol. The number of halogens is 2. The number of amides is 2. The molecule has 1 fully saturated rings. The number of para-hydroxylation sites is 1. The fourth-order valence-electron chi connectivity index (χ4n) is 4.62. The van der Waals surface area contributed by atoms with Crippen LogP contribution in [-0.4, -0.2) is 69.2 Å². The van der Waals surface area contributed by atoms with Gasteiger partial charge in [0.05, 0.1) is 11.3 Å². The highest BCUT2D eigenvalue weighted by Crippen LogP contribution is 2.23. The van der Waals surface area contributed by atoms with Crippen LogP contribution in [0.3, 0.4) is 0 Å². The van der Waals surface area contributed by atoms with Crippen LogP contribution < -0.4 is 10.3 Å². The van der Waals surface area contributed by atoms with Crippen molar-refractivity contribution in [2.24, 2.45) is 7.05 Å². The number of piperazine rings is 1. The maximum atomic E-state index is 12.9. The Hall–Kier alpha value is -3.76. The van der Waals surface area contributed by atoms with E-state index in [1.165, 1.54) is 23.1 Å². The lowest BCUT2D eigenvalue weighted by molar-refractivity contribution is -0.132. The average Bonchev–Trinajstić information content (AvgIpc) is 3.11. The number of carbonyl (C=O) groups excluding carboxylic acids is 2. The minimum absolute atomic E-state index is 0.0587. The van der Waals surface area contributed by atoms with Crippen molar-refractivity contribution < 1.29 is 23.1 Å². The fourth-order valence-corrected chi connectivity index (χ4v) is 4.62. The van der Waals surface area contributed by atoms with Crippen LogP contribution in [-0.2, 0) is 18.3 Å². The number of alkyl halides is 2. The molecule has 0 saturated carbocycles. The summed E-state index contributed by atoms with van der Waals surface area (Å²) < 4.78 is 31.4. The second-order valence-electron chi connectivity index (χ2n) is 8.54. The molecule has 1 N–H and O–H groups in total. The third-order valence-corrected chi connectivity index (χ3v) is 6.40. The van der Waals surface area contributed by atoms with Gasteiger partial charge in [0, 0.05) is 50.6 Å². The van der Waals surface area contributed by atoms with Crippen molar-refractivity contribution in [1.29, 1.82) is 0 Å². The van der Waals surface area contributed by atoms with Crippen LogP contribution in [0.15, 0.2) is 29.1 Å². The molecule has 1 aliphatic heterocycles. The number of carbonyl (C=O) groups is 2. The van der Waals surface area contributed by atoms with Crippen LogP contribution in [0.5, 0.6) is 5.75 Å². The number of hydrogen-bond acceptors (Lipinski definition) is 5. The molecule has 11 heteroatoms. The standard InChI is InChI=1S/C24H27F2N5O4/c1-14-16(22(33)27-21-20(14)15(2)28-29(21)3)8-9-19(32)30-10-12-31(13-11-30)23(34)17-6-4-5-7-18(17)35-24(25)26/h4-7,24H,8-13H2,1-3H3,(H,27,33). The lowest BCUT2D eigenvalue weighted by Gasteiger charge is -2.35. The Balaban J connectivity index is 1.38. The van der Waals surface area contributed by atoms with Crippen LogP contribution in [0.25, 0.3) is 11.0 Å². The van der Waals surface area contributed by atoms with E-state index in [0.717, 1.165) is 16.6 Å². The lowest BCUT2D eigenvalue weighted by atomic mass is 10.0. The van der Waals surface area contributed by atoms with Gasteiger partial charge in [0.2, 0.25) is 5.91 Å². The summed E-state index contributed by atoms with van der Waals surface area (Å²) in [7, 11) is 1.77. The molecule has 1 aromatic carbocycles. The Kier molecular flexibility index (Phi) is 6.86. The van der Waals surface area contributed by atoms with E-state index in [1.807, 2.05) is 13.8 Å². The molecule has 186 valence electrons. The number of aryl methyl sites for hydroxylation is 3. The van der Waals surface area contributed by atoms with Crippen LogP contribution in [0.2, 0.25) is 0 Å². The number of fused-ring (bicyclic) bond motifs is 1. The SMILES string of the molecule is Cc1nn(C)c2[nH]c(=O)c(CCC(=O)N3CCN(C(=O)c4ccccc4OC(F)F)CC3)c(C)c12. The van der Waals surface area contributed by atoms with Gasteiger partial charge in [0.25, 0.3) is 11.5 Å². The molecule has 1 saturated heterocycles. The molecule has 3 aromatic rings. The van der Waals surface area contributed by atoms with Gasteiger partial charge < -0.3 is 19.5 Å². The van der Waals surface area contributed by atoms with Crippen LogP contribution in [0, 0.1) is 13.8 Å². The zero-order valence-corrected chi connectivity index (χ0v) is 19.8. The second kappa shape index (κ2) is 9.85. The molecule has 3 heterocycles. The topological polar surface area (TPSA) is 101 Å². The molecule has 4 rings (SSSR count). The van der Waals surface area contributed by atoms with Gasteiger partial charge in [0.15, 0.2) is 0 Å². The summed E-state index contributed by atoms with van der Waals surface area (Å²) in [4.78, 5) is 44.4. The van der Waals surface area contributed by atoms with E-state index in [0.29, 0.717) is 30.7 Å². The first-order chi connectivity index (χ1) is 16.7. The summed E-state index contributed by atoms with van der Waals surface area (Å²) in [5.74, 6) is -0.705. The number of aromatic nitrogens is 3. The van der Waals surface area contributed by atoms with Crippen molar-refractivity contribution in [3.8, 4) is 5.75 Å². The van der Waals surface area contributed by atoms with Crippen LogP contribution in [0.1, 0.15) is 33.6 Å². The smallest absolute Gasteiger partial charge is 0.387 e. The molecular weight excluding hydrogens is 460 g/mol. The van der Waals surface area contributed by atoms with Crippen molar-refractivity contribution in [2.75, 3.05) is 26.2 Å². The van der Waals surface area contributed by atoms with Gasteiger partial charge in [-0.25, -0.2) is 0 Å². The van der Waals surface area contributed by atoms with E-state index in [4.69, 9.17) is 0 Å². The number of nitrogens with zero attached hydrogens (tertiary/aromatic N) is 4. The van der Waals surface area contributed by atoms with Crippen LogP contribution >= 0.6 is 0 Å².